The number of hydrogen-bond acceptors (Lipinski definition) is 3. The van der Waals surface area contributed by atoms with Crippen molar-refractivity contribution in [1.82, 2.24) is 10.6 Å². The van der Waals surface area contributed by atoms with Gasteiger partial charge in [-0.25, -0.2) is 4.79 Å². The Morgan fingerprint density at radius 3 is 2.59 bits per heavy atom. The van der Waals surface area contributed by atoms with Crippen molar-refractivity contribution in [3.05, 3.63) is 60.1 Å². The third-order valence-electron chi connectivity index (χ3n) is 4.10. The van der Waals surface area contributed by atoms with Crippen molar-refractivity contribution in [2.45, 2.75) is 30.9 Å². The van der Waals surface area contributed by atoms with Gasteiger partial charge in [0, 0.05) is 6.54 Å². The summed E-state index contributed by atoms with van der Waals surface area (Å²) in [6.45, 7) is 0.276. The minimum absolute atomic E-state index is 0.276. The summed E-state index contributed by atoms with van der Waals surface area (Å²) in [6, 6.07) is 12.6. The Bertz CT molecular complexity index is 606. The number of benzene rings is 1. The lowest BCUT2D eigenvalue weighted by atomic mass is 9.80. The number of nitrogens with one attached hydrogen (secondary N) is 2. The van der Waals surface area contributed by atoms with Crippen molar-refractivity contribution in [2.24, 2.45) is 0 Å². The molecular formula is C17H20N2O3. The number of carbonyl (C=O) groups is 1. The van der Waals surface area contributed by atoms with Crippen LogP contribution in [0.25, 0.3) is 0 Å². The van der Waals surface area contributed by atoms with Crippen molar-refractivity contribution in [2.75, 3.05) is 6.54 Å². The van der Waals surface area contributed by atoms with Crippen LogP contribution in [0.1, 0.15) is 36.6 Å². The molecule has 22 heavy (non-hydrogen) atoms. The highest BCUT2D eigenvalue weighted by Gasteiger charge is 2.34. The van der Waals surface area contributed by atoms with E-state index in [1.54, 1.807) is 12.3 Å². The molecule has 0 bridgehead atoms. The maximum absolute atomic E-state index is 12.1. The summed E-state index contributed by atoms with van der Waals surface area (Å²) in [5.74, 6) is 0.670. The fourth-order valence-corrected chi connectivity index (χ4v) is 2.61. The molecule has 0 saturated heterocycles. The second-order valence-corrected chi connectivity index (χ2v) is 5.76. The van der Waals surface area contributed by atoms with Crippen molar-refractivity contribution in [3.63, 3.8) is 0 Å². The van der Waals surface area contributed by atoms with Gasteiger partial charge in [-0.3, -0.25) is 0 Å². The van der Waals surface area contributed by atoms with E-state index in [9.17, 15) is 9.90 Å². The van der Waals surface area contributed by atoms with E-state index >= 15 is 0 Å². The third kappa shape index (κ3) is 3.31. The molecule has 0 aliphatic heterocycles. The minimum Gasteiger partial charge on any atom is -0.467 e. The lowest BCUT2D eigenvalue weighted by Crippen LogP contribution is -2.50. The SMILES string of the molecule is O=C(NCC1(O)CCC1)N[C@@H](c1ccccc1)c1ccco1. The van der Waals surface area contributed by atoms with Gasteiger partial charge in [0.1, 0.15) is 11.8 Å². The topological polar surface area (TPSA) is 74.5 Å². The number of aliphatic hydroxyl groups is 1. The number of carbonyl (C=O) groups excluding carboxylic acids is 1. The number of hydrogen-bond donors (Lipinski definition) is 3. The Morgan fingerprint density at radius 1 is 1.23 bits per heavy atom. The van der Waals surface area contributed by atoms with Crippen LogP contribution >= 0.6 is 0 Å². The van der Waals surface area contributed by atoms with Gasteiger partial charge in [0.25, 0.3) is 0 Å². The highest BCUT2D eigenvalue weighted by atomic mass is 16.3. The maximum atomic E-state index is 12.1. The summed E-state index contributed by atoms with van der Waals surface area (Å²) < 4.78 is 5.44. The quantitative estimate of drug-likeness (QED) is 0.794. The molecule has 1 atom stereocenters. The van der Waals surface area contributed by atoms with Gasteiger partial charge in [0.2, 0.25) is 0 Å². The van der Waals surface area contributed by atoms with Gasteiger partial charge in [-0.1, -0.05) is 30.3 Å². The first-order chi connectivity index (χ1) is 10.7. The molecule has 5 heteroatoms. The van der Waals surface area contributed by atoms with Crippen LogP contribution in [-0.4, -0.2) is 23.3 Å². The van der Waals surface area contributed by atoms with Crippen LogP contribution in [0, 0.1) is 0 Å². The zero-order chi connectivity index (χ0) is 15.4. The van der Waals surface area contributed by atoms with Crippen molar-refractivity contribution in [1.29, 1.82) is 0 Å². The van der Waals surface area contributed by atoms with E-state index in [0.717, 1.165) is 24.8 Å². The zero-order valence-corrected chi connectivity index (χ0v) is 12.3. The van der Waals surface area contributed by atoms with E-state index in [-0.39, 0.29) is 18.6 Å². The molecule has 1 aromatic carbocycles. The lowest BCUT2D eigenvalue weighted by molar-refractivity contribution is -0.0290. The molecule has 0 radical (unpaired) electrons. The second-order valence-electron chi connectivity index (χ2n) is 5.76. The molecule has 1 saturated carbocycles. The number of amides is 2. The van der Waals surface area contributed by atoms with Gasteiger partial charge in [0.15, 0.2) is 0 Å². The molecule has 3 N–H and O–H groups in total. The van der Waals surface area contributed by atoms with Gasteiger partial charge >= 0.3 is 6.03 Å². The predicted molar refractivity (Wildman–Crippen MR) is 82.3 cm³/mol. The maximum Gasteiger partial charge on any atom is 0.315 e. The van der Waals surface area contributed by atoms with Crippen LogP contribution < -0.4 is 10.6 Å². The average molecular weight is 300 g/mol. The summed E-state index contributed by atoms with van der Waals surface area (Å²) in [4.78, 5) is 12.1. The Balaban J connectivity index is 1.66. The number of furan rings is 1. The molecule has 1 aliphatic carbocycles. The van der Waals surface area contributed by atoms with E-state index in [2.05, 4.69) is 10.6 Å². The van der Waals surface area contributed by atoms with Gasteiger partial charge in [-0.15, -0.1) is 0 Å². The normalized spacial score (nSPS) is 17.3. The molecule has 116 valence electrons. The number of urea groups is 1. The van der Waals surface area contributed by atoms with E-state index in [1.807, 2.05) is 36.4 Å². The van der Waals surface area contributed by atoms with Crippen LogP contribution in [0.2, 0.25) is 0 Å². The van der Waals surface area contributed by atoms with Gasteiger partial charge in [-0.2, -0.15) is 0 Å². The molecule has 0 unspecified atom stereocenters. The molecule has 3 rings (SSSR count). The smallest absolute Gasteiger partial charge is 0.315 e. The lowest BCUT2D eigenvalue weighted by Gasteiger charge is -2.36. The fraction of sp³-hybridized carbons (Fsp3) is 0.353. The monoisotopic (exact) mass is 300 g/mol. The molecule has 1 fully saturated rings. The van der Waals surface area contributed by atoms with E-state index in [1.165, 1.54) is 0 Å². The summed E-state index contributed by atoms with van der Waals surface area (Å²) in [5.41, 5.74) is 0.208. The van der Waals surface area contributed by atoms with E-state index in [4.69, 9.17) is 4.42 Å². The molecule has 0 spiro atoms. The molecule has 1 aliphatic rings. The van der Waals surface area contributed by atoms with Crippen LogP contribution in [-0.2, 0) is 0 Å². The van der Waals surface area contributed by atoms with Crippen molar-refractivity contribution in [3.8, 4) is 0 Å². The zero-order valence-electron chi connectivity index (χ0n) is 12.3. The Labute approximate surface area is 129 Å². The van der Waals surface area contributed by atoms with Crippen molar-refractivity contribution >= 4 is 6.03 Å². The number of rotatable bonds is 5. The summed E-state index contributed by atoms with van der Waals surface area (Å²) in [6.07, 6.45) is 4.09. The summed E-state index contributed by atoms with van der Waals surface area (Å²) in [7, 11) is 0. The van der Waals surface area contributed by atoms with E-state index in [0.29, 0.717) is 5.76 Å². The molecule has 5 nitrogen and oxygen atoms in total. The summed E-state index contributed by atoms with van der Waals surface area (Å²) >= 11 is 0. The Kier molecular flexibility index (Phi) is 4.15. The van der Waals surface area contributed by atoms with Crippen LogP contribution in [0.3, 0.4) is 0 Å². The highest BCUT2D eigenvalue weighted by Crippen LogP contribution is 2.30. The van der Waals surface area contributed by atoms with Gasteiger partial charge in [-0.05, 0) is 37.0 Å². The van der Waals surface area contributed by atoms with Crippen LogP contribution in [0.15, 0.2) is 53.1 Å². The van der Waals surface area contributed by atoms with Gasteiger partial charge < -0.3 is 20.2 Å². The van der Waals surface area contributed by atoms with E-state index < -0.39 is 5.60 Å². The Morgan fingerprint density at radius 2 is 2.00 bits per heavy atom. The first-order valence-electron chi connectivity index (χ1n) is 7.51. The molecule has 1 aromatic heterocycles. The van der Waals surface area contributed by atoms with Gasteiger partial charge in [0.05, 0.1) is 11.9 Å². The Hall–Kier alpha value is -2.27. The highest BCUT2D eigenvalue weighted by molar-refractivity contribution is 5.75. The summed E-state index contributed by atoms with van der Waals surface area (Å²) in [5, 5.41) is 15.7. The molecule has 2 aromatic rings. The molecule has 2 amide bonds. The minimum atomic E-state index is -0.732. The predicted octanol–water partition coefficient (Wildman–Crippen LogP) is 2.58. The van der Waals surface area contributed by atoms with Crippen LogP contribution in [0.5, 0.6) is 0 Å². The average Bonchev–Trinajstić information content (AvgIpc) is 3.03. The van der Waals surface area contributed by atoms with Crippen molar-refractivity contribution < 1.29 is 14.3 Å². The second kappa shape index (κ2) is 6.23. The molecule has 1 heterocycles. The fourth-order valence-electron chi connectivity index (χ4n) is 2.61. The first-order valence-corrected chi connectivity index (χ1v) is 7.51. The van der Waals surface area contributed by atoms with Crippen LogP contribution in [0.4, 0.5) is 4.79 Å². The molecular weight excluding hydrogens is 280 g/mol. The first kappa shape index (κ1) is 14.7. The standard InChI is InChI=1S/C17H20N2O3/c20-16(18-12-17(21)9-5-10-17)19-15(14-8-4-11-22-14)13-6-2-1-3-7-13/h1-4,6-8,11,15,21H,5,9-10,12H2,(H2,18,19,20)/t15-/m0/s1. The largest absolute Gasteiger partial charge is 0.467 e. The third-order valence-corrected chi connectivity index (χ3v) is 4.10.